The third-order valence-electron chi connectivity index (χ3n) is 11.3. The summed E-state index contributed by atoms with van der Waals surface area (Å²) < 4.78 is 97.5. The fourth-order valence-electron chi connectivity index (χ4n) is 7.81. The van der Waals surface area contributed by atoms with Crippen LogP contribution < -0.4 is 0 Å². The minimum absolute atomic E-state index is 0. The minimum atomic E-state index is -2.98. The second-order valence-electron chi connectivity index (χ2n) is 19.4. The third-order valence-corrected chi connectivity index (χ3v) is 11.3. The molecule has 2 aromatic heterocycles. The van der Waals surface area contributed by atoms with E-state index in [0.29, 0.717) is 39.2 Å². The molecular formula is C58H60N3OPt-. The maximum atomic E-state index is 12.5. The Labute approximate surface area is 405 Å². The summed E-state index contributed by atoms with van der Waals surface area (Å²) in [7, 11) is 0. The molecule has 0 aliphatic rings. The van der Waals surface area contributed by atoms with Crippen LogP contribution in [0.2, 0.25) is 0 Å². The Morgan fingerprint density at radius 2 is 1.37 bits per heavy atom. The molecule has 8 aromatic rings. The van der Waals surface area contributed by atoms with Gasteiger partial charge in [0.05, 0.1) is 26.2 Å². The number of imidazole rings is 1. The summed E-state index contributed by atoms with van der Waals surface area (Å²) in [5, 5.41) is 12.5. The number of pyridine rings is 1. The molecule has 5 heteroatoms. The summed E-state index contributed by atoms with van der Waals surface area (Å²) in [4.78, 5) is 9.90. The van der Waals surface area contributed by atoms with Crippen LogP contribution in [0.25, 0.3) is 72.7 Å². The molecular weight excluding hydrogens is 950 g/mol. The van der Waals surface area contributed by atoms with Crippen molar-refractivity contribution in [2.45, 2.75) is 105 Å². The van der Waals surface area contributed by atoms with Crippen LogP contribution >= 0.6 is 0 Å². The number of aromatic nitrogens is 3. The number of phenolic OH excluding ortho intramolecular Hbond substituents is 1. The van der Waals surface area contributed by atoms with Crippen molar-refractivity contribution >= 4 is 11.0 Å². The molecule has 0 aliphatic carbocycles. The molecule has 0 amide bonds. The summed E-state index contributed by atoms with van der Waals surface area (Å²) in [5.74, 6) is -0.484. The first-order valence-electron chi connectivity index (χ1n) is 26.5. The van der Waals surface area contributed by atoms with E-state index in [-0.39, 0.29) is 43.5 Å². The van der Waals surface area contributed by atoms with E-state index in [0.717, 1.165) is 33.4 Å². The van der Waals surface area contributed by atoms with Gasteiger partial charge in [-0.3, -0.25) is 9.55 Å². The van der Waals surface area contributed by atoms with Crippen molar-refractivity contribution in [1.29, 1.82) is 0 Å². The molecule has 324 valence electrons. The van der Waals surface area contributed by atoms with E-state index in [1.165, 1.54) is 0 Å². The molecule has 0 unspecified atom stereocenters. The summed E-state index contributed by atoms with van der Waals surface area (Å²) in [6, 6.07) is 28.9. The summed E-state index contributed by atoms with van der Waals surface area (Å²) in [5.41, 5.74) is 6.02. The molecule has 0 bridgehead atoms. The Morgan fingerprint density at radius 1 is 0.683 bits per heavy atom. The van der Waals surface area contributed by atoms with Gasteiger partial charge in [0, 0.05) is 49.7 Å². The van der Waals surface area contributed by atoms with Crippen molar-refractivity contribution in [1.82, 2.24) is 14.5 Å². The van der Waals surface area contributed by atoms with Gasteiger partial charge in [-0.25, -0.2) is 4.98 Å². The number of hydrogen-bond acceptors (Lipinski definition) is 3. The molecule has 0 atom stereocenters. The van der Waals surface area contributed by atoms with Crippen molar-refractivity contribution in [3.05, 3.63) is 167 Å². The van der Waals surface area contributed by atoms with Gasteiger partial charge in [-0.15, -0.1) is 29.3 Å². The van der Waals surface area contributed by atoms with E-state index >= 15 is 0 Å². The number of nitrogens with zero attached hydrogens (tertiary/aromatic N) is 3. The van der Waals surface area contributed by atoms with Gasteiger partial charge in [-0.1, -0.05) is 178 Å². The zero-order valence-electron chi connectivity index (χ0n) is 48.8. The molecule has 6 aromatic carbocycles. The molecule has 0 fully saturated rings. The van der Waals surface area contributed by atoms with E-state index < -0.39 is 82.7 Å². The van der Waals surface area contributed by atoms with E-state index in [4.69, 9.17) is 17.3 Å². The molecule has 0 spiro atoms. The van der Waals surface area contributed by atoms with Crippen LogP contribution in [0.1, 0.15) is 125 Å². The molecule has 2 heterocycles. The van der Waals surface area contributed by atoms with Crippen LogP contribution in [-0.4, -0.2) is 19.6 Å². The maximum Gasteiger partial charge on any atom is 0.148 e. The average molecular weight is 1020 g/mol. The van der Waals surface area contributed by atoms with Gasteiger partial charge in [0.25, 0.3) is 0 Å². The Bertz CT molecular complexity index is 3490. The fraction of sp³-hybridized carbons (Fsp3) is 0.276. The standard InChI is InChI=1S/C58H60N3O.Pt/c1-36(2)48-35-45(25-26-46(48)39-17-14-13-15-18-39)61-52-20-16-19-47(53(52)60-55(61)49-33-44(57(7,8)9)34-50(54(49)62)58(10,11)12)41-29-42(31-43(30-41)56(4,5)6)51-32-40(27-28-59-51)38-23-21-37(3)22-24-38;/h13-28,30-36,62H,1-12H3;/q-1;/i3D3,21D,22D,23D,24D,27D,28D,32D,36D;. The van der Waals surface area contributed by atoms with Gasteiger partial charge in [0.2, 0.25) is 0 Å². The fourth-order valence-corrected chi connectivity index (χ4v) is 7.81. The third kappa shape index (κ3) is 9.11. The number of fused-ring (bicyclic) bond motifs is 1. The van der Waals surface area contributed by atoms with E-state index in [1.54, 1.807) is 6.07 Å². The first kappa shape index (κ1) is 33.0. The maximum absolute atomic E-state index is 12.5. The SMILES string of the molecule is [2H]c1nc(-c2[c-]c(-c3cccc4c3nc(-c3cc(C(C)(C)C)cc(C(C)(C)C)c3O)n4-c3ccc(-c4ccccc4)c(C([2H])(C)C)c3)cc(C(C)(C)C)c2)c([2H])c(-c2c([2H])c([2H])c(C([2H])([2H])[2H])c([2H])c2[2H])c1[2H].[Pt]. The predicted octanol–water partition coefficient (Wildman–Crippen LogP) is 15.6. The van der Waals surface area contributed by atoms with Gasteiger partial charge >= 0.3 is 0 Å². The van der Waals surface area contributed by atoms with Gasteiger partial charge in [0.15, 0.2) is 0 Å². The summed E-state index contributed by atoms with van der Waals surface area (Å²) >= 11 is 0. The van der Waals surface area contributed by atoms with Crippen LogP contribution in [0.15, 0.2) is 133 Å². The zero-order valence-corrected chi connectivity index (χ0v) is 40.0. The van der Waals surface area contributed by atoms with Gasteiger partial charge in [-0.2, -0.15) is 0 Å². The Morgan fingerprint density at radius 3 is 2.02 bits per heavy atom. The molecule has 0 saturated carbocycles. The number of benzene rings is 6. The van der Waals surface area contributed by atoms with Crippen LogP contribution in [0.3, 0.4) is 0 Å². The van der Waals surface area contributed by atoms with Crippen molar-refractivity contribution in [2.75, 3.05) is 0 Å². The molecule has 1 N–H and O–H groups in total. The summed E-state index contributed by atoms with van der Waals surface area (Å²) in [6.45, 7) is 19.4. The zero-order chi connectivity index (χ0) is 53.8. The second kappa shape index (κ2) is 17.2. The Hall–Kier alpha value is -5.57. The van der Waals surface area contributed by atoms with Gasteiger partial charge < -0.3 is 5.11 Å². The number of aromatic hydroxyl groups is 1. The number of hydrogen-bond donors (Lipinski definition) is 1. The van der Waals surface area contributed by atoms with Crippen LogP contribution in [0.4, 0.5) is 0 Å². The van der Waals surface area contributed by atoms with E-state index in [2.05, 4.69) is 58.7 Å². The first-order valence-corrected chi connectivity index (χ1v) is 21.0. The van der Waals surface area contributed by atoms with E-state index in [9.17, 15) is 7.85 Å². The van der Waals surface area contributed by atoms with Crippen molar-refractivity contribution in [3.8, 4) is 67.5 Å². The Kier molecular flexibility index (Phi) is 9.01. The quantitative estimate of drug-likeness (QED) is 0.162. The normalized spacial score (nSPS) is 15.1. The molecule has 4 nitrogen and oxygen atoms in total. The predicted molar refractivity (Wildman–Crippen MR) is 261 cm³/mol. The summed E-state index contributed by atoms with van der Waals surface area (Å²) in [6.07, 6.45) is -0.597. The number of rotatable bonds is 7. The molecule has 8 rings (SSSR count). The Balaban J connectivity index is 0.00000800. The van der Waals surface area contributed by atoms with Crippen molar-refractivity contribution in [3.63, 3.8) is 0 Å². The average Bonchev–Trinajstić information content (AvgIpc) is 3.68. The smallest absolute Gasteiger partial charge is 0.148 e. The van der Waals surface area contributed by atoms with Crippen LogP contribution in [0, 0.1) is 12.9 Å². The first-order chi connectivity index (χ1) is 33.7. The van der Waals surface area contributed by atoms with Crippen molar-refractivity contribution in [2.24, 2.45) is 0 Å². The largest absolute Gasteiger partial charge is 0.507 e. The van der Waals surface area contributed by atoms with Gasteiger partial charge in [0.1, 0.15) is 11.6 Å². The monoisotopic (exact) mass is 1020 g/mol. The van der Waals surface area contributed by atoms with Crippen LogP contribution in [-0.2, 0) is 37.3 Å². The minimum Gasteiger partial charge on any atom is -0.507 e. The second-order valence-corrected chi connectivity index (χ2v) is 19.4. The van der Waals surface area contributed by atoms with Crippen LogP contribution in [0.5, 0.6) is 5.75 Å². The van der Waals surface area contributed by atoms with Crippen molar-refractivity contribution < 1.29 is 41.3 Å². The molecule has 0 radical (unpaired) electrons. The van der Waals surface area contributed by atoms with Gasteiger partial charge in [-0.05, 0) is 92.7 Å². The van der Waals surface area contributed by atoms with E-state index in [1.807, 2.05) is 118 Å². The topological polar surface area (TPSA) is 50.9 Å². The number of phenols is 1. The molecule has 0 saturated heterocycles. The molecule has 63 heavy (non-hydrogen) atoms. The molecule has 0 aliphatic heterocycles. The number of para-hydroxylation sites is 1.